The molecule has 0 bridgehead atoms. The van der Waals surface area contributed by atoms with Gasteiger partial charge in [0, 0.05) is 0 Å². The van der Waals surface area contributed by atoms with E-state index in [0.29, 0.717) is 5.56 Å². The highest BCUT2D eigenvalue weighted by molar-refractivity contribution is 7.91. The summed E-state index contributed by atoms with van der Waals surface area (Å²) in [5.41, 5.74) is 0.234. The zero-order chi connectivity index (χ0) is 15.6. The second-order valence-electron chi connectivity index (χ2n) is 4.67. The van der Waals surface area contributed by atoms with Crippen molar-refractivity contribution in [3.63, 3.8) is 0 Å². The molecule has 1 saturated carbocycles. The van der Waals surface area contributed by atoms with Crippen molar-refractivity contribution in [2.24, 2.45) is 0 Å². The molecular weight excluding hydrogens is 306 g/mol. The molecule has 1 fully saturated rings. The minimum Gasteiger partial charge on any atom is -0.465 e. The van der Waals surface area contributed by atoms with E-state index in [4.69, 9.17) is 4.74 Å². The molecule has 21 heavy (non-hydrogen) atoms. The first-order valence-electron chi connectivity index (χ1n) is 6.20. The molecule has 1 aromatic carbocycles. The Bertz CT molecular complexity index is 638. The maximum atomic E-state index is 12.6. The Hall–Kier alpha value is -1.54. The molecule has 2 rings (SSSR count). The standard InChI is InChI=1S/C13H14F2O5S/c1-19-12(16)9-4-8(7-20-10-2-3-10)5-11(6-9)21(17,18)13(14)15/h4-6,10,13H,2-3,7H2,1H3. The Morgan fingerprint density at radius 2 is 2.00 bits per heavy atom. The highest BCUT2D eigenvalue weighted by Gasteiger charge is 2.28. The van der Waals surface area contributed by atoms with Crippen LogP contribution in [0, 0.1) is 0 Å². The number of ether oxygens (including phenoxy) is 2. The molecule has 0 aliphatic heterocycles. The smallest absolute Gasteiger partial charge is 0.341 e. The fourth-order valence-corrected chi connectivity index (χ4v) is 2.51. The van der Waals surface area contributed by atoms with Crippen molar-refractivity contribution >= 4 is 15.8 Å². The van der Waals surface area contributed by atoms with Crippen molar-refractivity contribution in [2.75, 3.05) is 7.11 Å². The average molecular weight is 320 g/mol. The van der Waals surface area contributed by atoms with Gasteiger partial charge in [-0.15, -0.1) is 0 Å². The van der Waals surface area contributed by atoms with Crippen LogP contribution in [0.25, 0.3) is 0 Å². The molecule has 5 nitrogen and oxygen atoms in total. The number of benzene rings is 1. The summed E-state index contributed by atoms with van der Waals surface area (Å²) in [5.74, 6) is -4.35. The molecule has 0 amide bonds. The Kier molecular flexibility index (Phi) is 4.58. The van der Waals surface area contributed by atoms with E-state index in [1.54, 1.807) is 0 Å². The van der Waals surface area contributed by atoms with Gasteiger partial charge in [-0.05, 0) is 36.6 Å². The molecule has 0 spiro atoms. The number of hydrogen-bond acceptors (Lipinski definition) is 5. The molecule has 0 heterocycles. The lowest BCUT2D eigenvalue weighted by Crippen LogP contribution is -2.14. The van der Waals surface area contributed by atoms with E-state index in [1.807, 2.05) is 0 Å². The quantitative estimate of drug-likeness (QED) is 0.751. The number of rotatable bonds is 6. The van der Waals surface area contributed by atoms with Gasteiger partial charge in [0.05, 0.1) is 30.3 Å². The Labute approximate surface area is 120 Å². The number of alkyl halides is 2. The maximum Gasteiger partial charge on any atom is 0.341 e. The molecule has 0 radical (unpaired) electrons. The van der Waals surface area contributed by atoms with Crippen LogP contribution in [0.5, 0.6) is 0 Å². The van der Waals surface area contributed by atoms with Crippen molar-refractivity contribution in [1.29, 1.82) is 0 Å². The lowest BCUT2D eigenvalue weighted by Gasteiger charge is -2.09. The van der Waals surface area contributed by atoms with Gasteiger partial charge < -0.3 is 9.47 Å². The van der Waals surface area contributed by atoms with Gasteiger partial charge in [0.25, 0.3) is 0 Å². The van der Waals surface area contributed by atoms with Crippen molar-refractivity contribution in [3.8, 4) is 0 Å². The molecule has 8 heteroatoms. The first kappa shape index (κ1) is 15.8. The Morgan fingerprint density at radius 1 is 1.33 bits per heavy atom. The van der Waals surface area contributed by atoms with E-state index in [-0.39, 0.29) is 18.3 Å². The largest absolute Gasteiger partial charge is 0.465 e. The third-order valence-electron chi connectivity index (χ3n) is 2.96. The first-order valence-corrected chi connectivity index (χ1v) is 7.75. The highest BCUT2D eigenvalue weighted by atomic mass is 32.2. The minimum atomic E-state index is -4.78. The van der Waals surface area contributed by atoms with Crippen LogP contribution < -0.4 is 0 Å². The predicted octanol–water partition coefficient (Wildman–Crippen LogP) is 2.15. The van der Waals surface area contributed by atoms with Crippen LogP contribution in [-0.2, 0) is 25.9 Å². The van der Waals surface area contributed by atoms with Crippen LogP contribution in [-0.4, -0.2) is 33.4 Å². The summed E-state index contributed by atoms with van der Waals surface area (Å²) in [4.78, 5) is 10.9. The van der Waals surface area contributed by atoms with Gasteiger partial charge >= 0.3 is 11.7 Å². The van der Waals surface area contributed by atoms with E-state index >= 15 is 0 Å². The third kappa shape index (κ3) is 3.76. The summed E-state index contributed by atoms with van der Waals surface area (Å²) in [5, 5.41) is 0. The van der Waals surface area contributed by atoms with Crippen molar-refractivity contribution in [1.82, 2.24) is 0 Å². The summed E-state index contributed by atoms with van der Waals surface area (Å²) in [6.07, 6.45) is 1.94. The summed E-state index contributed by atoms with van der Waals surface area (Å²) in [6.45, 7) is 0.0568. The number of esters is 1. The molecule has 1 aromatic rings. The Morgan fingerprint density at radius 3 is 2.52 bits per heavy atom. The molecule has 0 unspecified atom stereocenters. The van der Waals surface area contributed by atoms with Gasteiger partial charge in [-0.1, -0.05) is 0 Å². The topological polar surface area (TPSA) is 69.7 Å². The molecule has 0 aromatic heterocycles. The van der Waals surface area contributed by atoms with E-state index in [2.05, 4.69) is 4.74 Å². The highest BCUT2D eigenvalue weighted by Crippen LogP contribution is 2.26. The minimum absolute atomic E-state index is 0.0568. The van der Waals surface area contributed by atoms with Gasteiger partial charge in [-0.25, -0.2) is 13.2 Å². The van der Waals surface area contributed by atoms with Crippen molar-refractivity contribution in [2.45, 2.75) is 36.2 Å². The van der Waals surface area contributed by atoms with Crippen LogP contribution in [0.4, 0.5) is 8.78 Å². The molecular formula is C13H14F2O5S. The lowest BCUT2D eigenvalue weighted by molar-refractivity contribution is 0.0599. The van der Waals surface area contributed by atoms with Crippen LogP contribution >= 0.6 is 0 Å². The number of halogens is 2. The third-order valence-corrected chi connectivity index (χ3v) is 4.32. The van der Waals surface area contributed by atoms with Crippen LogP contribution in [0.2, 0.25) is 0 Å². The molecule has 1 aliphatic carbocycles. The van der Waals surface area contributed by atoms with E-state index in [0.717, 1.165) is 32.1 Å². The van der Waals surface area contributed by atoms with E-state index < -0.39 is 26.5 Å². The predicted molar refractivity (Wildman–Crippen MR) is 68.8 cm³/mol. The number of sulfone groups is 1. The van der Waals surface area contributed by atoms with Crippen molar-refractivity contribution in [3.05, 3.63) is 29.3 Å². The van der Waals surface area contributed by atoms with E-state index in [9.17, 15) is 22.0 Å². The molecule has 116 valence electrons. The zero-order valence-corrected chi connectivity index (χ0v) is 12.0. The van der Waals surface area contributed by atoms with Crippen LogP contribution in [0.3, 0.4) is 0 Å². The normalized spacial score (nSPS) is 15.2. The van der Waals surface area contributed by atoms with Gasteiger partial charge in [0.15, 0.2) is 0 Å². The zero-order valence-electron chi connectivity index (χ0n) is 11.2. The Balaban J connectivity index is 2.38. The fraction of sp³-hybridized carbons (Fsp3) is 0.462. The summed E-state index contributed by atoms with van der Waals surface area (Å²) >= 11 is 0. The molecule has 0 N–H and O–H groups in total. The van der Waals surface area contributed by atoms with Gasteiger partial charge in [-0.3, -0.25) is 0 Å². The molecule has 1 aliphatic rings. The number of carbonyl (C=O) groups is 1. The average Bonchev–Trinajstić information content (AvgIpc) is 3.27. The summed E-state index contributed by atoms with van der Waals surface area (Å²) < 4.78 is 58.3. The lowest BCUT2D eigenvalue weighted by atomic mass is 10.1. The fourth-order valence-electron chi connectivity index (χ4n) is 1.70. The second-order valence-corrected chi connectivity index (χ2v) is 6.59. The maximum absolute atomic E-state index is 12.6. The number of hydrogen-bond donors (Lipinski definition) is 0. The summed E-state index contributed by atoms with van der Waals surface area (Å²) in [6, 6.07) is 3.35. The van der Waals surface area contributed by atoms with Gasteiger partial charge in [0.2, 0.25) is 9.84 Å². The SMILES string of the molecule is COC(=O)c1cc(COC2CC2)cc(S(=O)(=O)C(F)F)c1. The molecule has 0 atom stereocenters. The van der Waals surface area contributed by atoms with E-state index in [1.165, 1.54) is 6.07 Å². The molecule has 0 saturated heterocycles. The van der Waals surface area contributed by atoms with Gasteiger partial charge in [0.1, 0.15) is 0 Å². The second kappa shape index (κ2) is 6.07. The number of carbonyl (C=O) groups excluding carboxylic acids is 1. The van der Waals surface area contributed by atoms with Gasteiger partial charge in [-0.2, -0.15) is 8.78 Å². The van der Waals surface area contributed by atoms with Crippen LogP contribution in [0.1, 0.15) is 28.8 Å². The van der Waals surface area contributed by atoms with Crippen molar-refractivity contribution < 1.29 is 31.5 Å². The summed E-state index contributed by atoms with van der Waals surface area (Å²) in [7, 11) is -3.66. The number of methoxy groups -OCH3 is 1. The first-order chi connectivity index (χ1) is 9.84. The monoisotopic (exact) mass is 320 g/mol. The van der Waals surface area contributed by atoms with Crippen LogP contribution in [0.15, 0.2) is 23.1 Å².